The second-order valence-electron chi connectivity index (χ2n) is 10.5. The molecule has 0 heterocycles. The van der Waals surface area contributed by atoms with Crippen LogP contribution in [0.4, 0.5) is 0 Å². The third-order valence-electron chi connectivity index (χ3n) is 7.03. The summed E-state index contributed by atoms with van der Waals surface area (Å²) in [5.74, 6) is -1.74. The summed E-state index contributed by atoms with van der Waals surface area (Å²) in [6, 6.07) is 5.83. The van der Waals surface area contributed by atoms with Crippen molar-refractivity contribution in [1.29, 1.82) is 0 Å². The van der Waals surface area contributed by atoms with E-state index in [1.807, 2.05) is 0 Å². The monoisotopic (exact) mass is 606 g/mol. The van der Waals surface area contributed by atoms with Gasteiger partial charge in [0.05, 0.1) is 17.7 Å². The zero-order valence-corrected chi connectivity index (χ0v) is 29.2. The Morgan fingerprint density at radius 3 is 1.40 bits per heavy atom. The largest absolute Gasteiger partial charge is 1.00 e. The van der Waals surface area contributed by atoms with Crippen LogP contribution in [0, 0.1) is 0 Å². The van der Waals surface area contributed by atoms with Gasteiger partial charge >= 0.3 is 63.3 Å². The smallest absolute Gasteiger partial charge is 0.745 e. The fourth-order valence-corrected chi connectivity index (χ4v) is 4.74. The Kier molecular flexibility index (Phi) is 25.0. The topological polar surface area (TPSA) is 110 Å². The van der Waals surface area contributed by atoms with Gasteiger partial charge < -0.3 is 14.0 Å². The maximum absolute atomic E-state index is 12.4. The first-order valence-electron chi connectivity index (χ1n) is 15.2. The quantitative estimate of drug-likeness (QED) is 0.0677. The van der Waals surface area contributed by atoms with Crippen LogP contribution in [-0.2, 0) is 19.6 Å². The average molecular weight is 607 g/mol. The SMILES string of the molecule is CCCCCCCCCCCCCCCCCCCCCOC(=O)c1ccccc1C(=O)OC(C)S(=O)(=O)[O-].[K+]. The number of unbranched alkanes of at least 4 members (excludes halogenated alkanes) is 18. The molecule has 0 aliphatic carbocycles. The van der Waals surface area contributed by atoms with Crippen LogP contribution in [0.1, 0.15) is 157 Å². The van der Waals surface area contributed by atoms with Gasteiger partial charge in [-0.2, -0.15) is 0 Å². The Morgan fingerprint density at radius 1 is 0.675 bits per heavy atom. The second-order valence-corrected chi connectivity index (χ2v) is 12.2. The molecule has 0 radical (unpaired) electrons. The predicted octanol–water partition coefficient (Wildman–Crippen LogP) is 5.33. The molecule has 7 nitrogen and oxygen atoms in total. The summed E-state index contributed by atoms with van der Waals surface area (Å²) in [4.78, 5) is 24.7. The van der Waals surface area contributed by atoms with E-state index in [1.54, 1.807) is 6.07 Å². The van der Waals surface area contributed by atoms with E-state index < -0.39 is 27.5 Å². The fourth-order valence-electron chi connectivity index (χ4n) is 4.54. The number of ether oxygens (including phenoxy) is 2. The molecule has 1 aromatic carbocycles. The van der Waals surface area contributed by atoms with Crippen LogP contribution in [-0.4, -0.2) is 37.0 Å². The normalized spacial score (nSPS) is 12.0. The van der Waals surface area contributed by atoms with Gasteiger partial charge in [0.15, 0.2) is 5.44 Å². The molecule has 9 heteroatoms. The van der Waals surface area contributed by atoms with Gasteiger partial charge in [0.2, 0.25) is 0 Å². The van der Waals surface area contributed by atoms with Gasteiger partial charge in [-0.25, -0.2) is 18.0 Å². The van der Waals surface area contributed by atoms with Crippen molar-refractivity contribution in [3.8, 4) is 0 Å². The molecule has 0 amide bonds. The molecule has 0 saturated carbocycles. The number of hydrogen-bond acceptors (Lipinski definition) is 7. The van der Waals surface area contributed by atoms with Gasteiger partial charge in [-0.1, -0.05) is 135 Å². The molecule has 0 N–H and O–H groups in total. The summed E-state index contributed by atoms with van der Waals surface area (Å²) in [6.45, 7) is 3.48. The van der Waals surface area contributed by atoms with Crippen molar-refractivity contribution in [1.82, 2.24) is 0 Å². The zero-order valence-electron chi connectivity index (χ0n) is 25.3. The van der Waals surface area contributed by atoms with Crippen molar-refractivity contribution in [3.63, 3.8) is 0 Å². The van der Waals surface area contributed by atoms with Crippen LogP contribution < -0.4 is 51.4 Å². The van der Waals surface area contributed by atoms with E-state index in [4.69, 9.17) is 9.47 Å². The molecule has 0 spiro atoms. The molecule has 40 heavy (non-hydrogen) atoms. The minimum absolute atomic E-state index is 0. The summed E-state index contributed by atoms with van der Waals surface area (Å²) in [6.07, 6.45) is 24.5. The van der Waals surface area contributed by atoms with Crippen molar-refractivity contribution >= 4 is 22.1 Å². The van der Waals surface area contributed by atoms with Gasteiger partial charge in [-0.05, 0) is 25.5 Å². The van der Waals surface area contributed by atoms with E-state index in [9.17, 15) is 22.6 Å². The molecule has 1 atom stereocenters. The zero-order chi connectivity index (χ0) is 28.8. The number of carbonyl (C=O) groups excluding carboxylic acids is 2. The van der Waals surface area contributed by atoms with Crippen molar-refractivity contribution in [2.45, 2.75) is 141 Å². The molecule has 0 saturated heterocycles. The van der Waals surface area contributed by atoms with E-state index in [0.29, 0.717) is 0 Å². The number of hydrogen-bond donors (Lipinski definition) is 0. The minimum atomic E-state index is -4.79. The molecule has 1 aromatic rings. The summed E-state index contributed by atoms with van der Waals surface area (Å²) in [7, 11) is -4.79. The summed E-state index contributed by atoms with van der Waals surface area (Å²) < 4.78 is 43.0. The van der Waals surface area contributed by atoms with Gasteiger partial charge in [0.1, 0.15) is 10.1 Å². The molecule has 224 valence electrons. The van der Waals surface area contributed by atoms with Crippen LogP contribution in [0.15, 0.2) is 24.3 Å². The molecule has 0 aromatic heterocycles. The van der Waals surface area contributed by atoms with E-state index in [0.717, 1.165) is 26.2 Å². The molecule has 0 aliphatic rings. The standard InChI is InChI=1S/C31H52O7S.K/c1-3-4-5-6-7-8-9-10-11-12-13-14-15-16-17-18-19-20-23-26-37-30(32)28-24-21-22-25-29(28)31(33)38-27(2)39(34,35)36;/h21-22,24-25,27H,3-20,23,26H2,1-2H3,(H,34,35,36);/q;+1/p-1. The van der Waals surface area contributed by atoms with E-state index >= 15 is 0 Å². The Balaban J connectivity index is 0.0000152. The van der Waals surface area contributed by atoms with E-state index in [2.05, 4.69) is 6.92 Å². The number of benzene rings is 1. The Hall–Kier alpha value is -0.294. The maximum atomic E-state index is 12.4. The molecular weight excluding hydrogens is 555 g/mol. The maximum Gasteiger partial charge on any atom is 1.00 e. The van der Waals surface area contributed by atoms with Gasteiger partial charge in [-0.15, -0.1) is 0 Å². The first kappa shape index (κ1) is 39.7. The Morgan fingerprint density at radius 2 is 1.02 bits per heavy atom. The Bertz CT molecular complexity index is 905. The van der Waals surface area contributed by atoms with Crippen molar-refractivity contribution in [3.05, 3.63) is 35.4 Å². The van der Waals surface area contributed by atoms with Gasteiger partial charge in [-0.3, -0.25) is 0 Å². The van der Waals surface area contributed by atoms with Crippen LogP contribution in [0.25, 0.3) is 0 Å². The molecule has 0 aliphatic heterocycles. The predicted molar refractivity (Wildman–Crippen MR) is 155 cm³/mol. The molecule has 1 unspecified atom stereocenters. The van der Waals surface area contributed by atoms with Gasteiger partial charge in [0.25, 0.3) is 0 Å². The van der Waals surface area contributed by atoms with Gasteiger partial charge in [0, 0.05) is 0 Å². The third-order valence-corrected chi connectivity index (χ3v) is 7.94. The summed E-state index contributed by atoms with van der Waals surface area (Å²) >= 11 is 0. The Labute approximate surface area is 286 Å². The fraction of sp³-hybridized carbons (Fsp3) is 0.742. The average Bonchev–Trinajstić information content (AvgIpc) is 2.91. The number of rotatable bonds is 24. The summed E-state index contributed by atoms with van der Waals surface area (Å²) in [5.41, 5.74) is -2.00. The molecule has 0 bridgehead atoms. The third kappa shape index (κ3) is 19.8. The van der Waals surface area contributed by atoms with Crippen molar-refractivity contribution in [2.75, 3.05) is 6.61 Å². The summed E-state index contributed by atoms with van der Waals surface area (Å²) in [5, 5.41) is 0. The first-order valence-corrected chi connectivity index (χ1v) is 16.7. The van der Waals surface area contributed by atoms with Crippen LogP contribution in [0.5, 0.6) is 0 Å². The molecule has 1 rings (SSSR count). The van der Waals surface area contributed by atoms with Crippen molar-refractivity contribution in [2.24, 2.45) is 0 Å². The van der Waals surface area contributed by atoms with E-state index in [1.165, 1.54) is 121 Å². The van der Waals surface area contributed by atoms with Crippen molar-refractivity contribution < 1.29 is 83.4 Å². The second kappa shape index (κ2) is 25.2. The molecular formula is C31H51KO7S. The van der Waals surface area contributed by atoms with Crippen LogP contribution in [0.2, 0.25) is 0 Å². The number of esters is 2. The van der Waals surface area contributed by atoms with E-state index in [-0.39, 0.29) is 69.1 Å². The first-order chi connectivity index (χ1) is 18.8. The minimum Gasteiger partial charge on any atom is -0.745 e. The number of carbonyl (C=O) groups is 2. The molecule has 0 fully saturated rings. The van der Waals surface area contributed by atoms with Crippen LogP contribution >= 0.6 is 0 Å². The van der Waals surface area contributed by atoms with Crippen LogP contribution in [0.3, 0.4) is 0 Å².